The second-order valence-electron chi connectivity index (χ2n) is 11.2. The molecule has 0 saturated carbocycles. The molecule has 2 atom stereocenters. The third-order valence-electron chi connectivity index (χ3n) is 7.12. The number of anilines is 1. The van der Waals surface area contributed by atoms with Crippen LogP contribution in [0, 0.1) is 12.7 Å². The van der Waals surface area contributed by atoms with E-state index in [9.17, 15) is 9.59 Å². The van der Waals surface area contributed by atoms with E-state index >= 15 is 4.39 Å². The highest BCUT2D eigenvalue weighted by molar-refractivity contribution is 8.00. The van der Waals surface area contributed by atoms with Gasteiger partial charge in [-0.15, -0.1) is 11.8 Å². The molecule has 2 aliphatic rings. The van der Waals surface area contributed by atoms with Crippen LogP contribution in [0.2, 0.25) is 0 Å². The third kappa shape index (κ3) is 5.75. The Labute approximate surface area is 233 Å². The maximum absolute atomic E-state index is 15.2. The number of halogens is 1. The molecule has 39 heavy (non-hydrogen) atoms. The summed E-state index contributed by atoms with van der Waals surface area (Å²) in [5.74, 6) is -0.211. The molecule has 5 rings (SSSR count). The van der Waals surface area contributed by atoms with Crippen LogP contribution in [0.5, 0.6) is 0 Å². The first-order valence-corrected chi connectivity index (χ1v) is 14.4. The average Bonchev–Trinajstić information content (AvgIpc) is 3.53. The lowest BCUT2D eigenvalue weighted by Crippen LogP contribution is -2.44. The fourth-order valence-electron chi connectivity index (χ4n) is 5.10. The van der Waals surface area contributed by atoms with Crippen molar-refractivity contribution >= 4 is 29.4 Å². The minimum Gasteiger partial charge on any atom is -0.376 e. The number of benzene rings is 2. The molecule has 2 aliphatic heterocycles. The van der Waals surface area contributed by atoms with Crippen LogP contribution < -0.4 is 10.2 Å². The van der Waals surface area contributed by atoms with Crippen molar-refractivity contribution in [3.8, 4) is 5.69 Å². The molecule has 1 N–H and O–H groups in total. The molecule has 206 valence electrons. The van der Waals surface area contributed by atoms with Crippen LogP contribution in [0.4, 0.5) is 10.2 Å². The molecule has 2 amide bonds. The molecule has 3 aromatic rings. The van der Waals surface area contributed by atoms with E-state index in [1.807, 2.05) is 37.3 Å². The summed E-state index contributed by atoms with van der Waals surface area (Å²) in [7, 11) is 0. The summed E-state index contributed by atoms with van der Waals surface area (Å²) in [6, 6.07) is 14.6. The fraction of sp³-hybridized carbons (Fsp3) is 0.433. The van der Waals surface area contributed by atoms with Crippen molar-refractivity contribution in [2.45, 2.75) is 57.3 Å². The number of nitrogens with one attached hydrogen (secondary N) is 1. The van der Waals surface area contributed by atoms with Crippen LogP contribution in [0.1, 0.15) is 61.2 Å². The Morgan fingerprint density at radius 3 is 2.59 bits per heavy atom. The van der Waals surface area contributed by atoms with Crippen molar-refractivity contribution in [3.63, 3.8) is 0 Å². The largest absolute Gasteiger partial charge is 0.376 e. The van der Waals surface area contributed by atoms with Crippen molar-refractivity contribution in [1.29, 1.82) is 0 Å². The van der Waals surface area contributed by atoms with E-state index in [-0.39, 0.29) is 36.0 Å². The van der Waals surface area contributed by atoms with Crippen LogP contribution >= 0.6 is 11.8 Å². The summed E-state index contributed by atoms with van der Waals surface area (Å²) in [5.41, 5.74) is 3.47. The number of thioether (sulfide) groups is 1. The lowest BCUT2D eigenvalue weighted by atomic mass is 9.87. The molecule has 7 nitrogen and oxygen atoms in total. The predicted octanol–water partition coefficient (Wildman–Crippen LogP) is 5.08. The Hall–Kier alpha value is -3.17. The highest BCUT2D eigenvalue weighted by Crippen LogP contribution is 2.48. The van der Waals surface area contributed by atoms with Crippen LogP contribution in [0.15, 0.2) is 48.5 Å². The minimum absolute atomic E-state index is 0.00378. The Kier molecular flexibility index (Phi) is 7.82. The van der Waals surface area contributed by atoms with Gasteiger partial charge in [0.1, 0.15) is 18.2 Å². The molecule has 1 fully saturated rings. The minimum atomic E-state index is -0.474. The van der Waals surface area contributed by atoms with Gasteiger partial charge in [-0.05, 0) is 38.0 Å². The second kappa shape index (κ2) is 11.1. The van der Waals surface area contributed by atoms with Crippen molar-refractivity contribution in [3.05, 3.63) is 76.7 Å². The van der Waals surface area contributed by atoms with E-state index in [0.717, 1.165) is 35.3 Å². The predicted molar refractivity (Wildman–Crippen MR) is 152 cm³/mol. The molecule has 0 unspecified atom stereocenters. The van der Waals surface area contributed by atoms with E-state index < -0.39 is 10.7 Å². The number of hydrogen-bond acceptors (Lipinski definition) is 5. The SMILES string of the molecule is Cc1ccc(-n2nc(C(C)(C)C)c3c2N(CC(=O)NC[C@@H]2CCCO2)C(=O)CS[C@H]3c2ccccc2F)cc1. The number of rotatable bonds is 6. The number of carbonyl (C=O) groups excluding carboxylic acids is 2. The summed E-state index contributed by atoms with van der Waals surface area (Å²) in [5, 5.41) is 7.52. The summed E-state index contributed by atoms with van der Waals surface area (Å²) >= 11 is 1.37. The Bertz CT molecular complexity index is 1360. The molecule has 0 bridgehead atoms. The number of aryl methyl sites for hydroxylation is 1. The molecule has 9 heteroatoms. The van der Waals surface area contributed by atoms with E-state index in [1.165, 1.54) is 22.7 Å². The van der Waals surface area contributed by atoms with Crippen LogP contribution in [-0.2, 0) is 19.7 Å². The molecule has 1 saturated heterocycles. The normalized spacial score (nSPS) is 19.6. The molecule has 3 heterocycles. The number of carbonyl (C=O) groups is 2. The fourth-order valence-corrected chi connectivity index (χ4v) is 6.32. The number of aromatic nitrogens is 2. The zero-order valence-electron chi connectivity index (χ0n) is 22.9. The molecular weight excluding hydrogens is 515 g/mol. The summed E-state index contributed by atoms with van der Waals surface area (Å²) in [6.45, 7) is 9.13. The van der Waals surface area contributed by atoms with Crippen molar-refractivity contribution < 1.29 is 18.7 Å². The van der Waals surface area contributed by atoms with Gasteiger partial charge in [-0.3, -0.25) is 14.5 Å². The Morgan fingerprint density at radius 2 is 1.92 bits per heavy atom. The van der Waals surface area contributed by atoms with Gasteiger partial charge in [0, 0.05) is 29.7 Å². The lowest BCUT2D eigenvalue weighted by Gasteiger charge is -2.25. The van der Waals surface area contributed by atoms with Crippen LogP contribution in [0.25, 0.3) is 5.69 Å². The maximum atomic E-state index is 15.2. The van der Waals surface area contributed by atoms with Gasteiger partial charge in [-0.1, -0.05) is 56.7 Å². The molecule has 0 radical (unpaired) electrons. The zero-order chi connectivity index (χ0) is 27.7. The first-order valence-electron chi connectivity index (χ1n) is 13.4. The maximum Gasteiger partial charge on any atom is 0.240 e. The van der Waals surface area contributed by atoms with Crippen molar-refractivity contribution in [2.24, 2.45) is 0 Å². The van der Waals surface area contributed by atoms with Gasteiger partial charge in [-0.2, -0.15) is 5.10 Å². The monoisotopic (exact) mass is 550 g/mol. The van der Waals surface area contributed by atoms with Crippen LogP contribution in [0.3, 0.4) is 0 Å². The summed E-state index contributed by atoms with van der Waals surface area (Å²) < 4.78 is 22.6. The number of hydrogen-bond donors (Lipinski definition) is 1. The average molecular weight is 551 g/mol. The number of ether oxygens (including phenoxy) is 1. The molecule has 2 aromatic carbocycles. The highest BCUT2D eigenvalue weighted by atomic mass is 32.2. The lowest BCUT2D eigenvalue weighted by molar-refractivity contribution is -0.123. The van der Waals surface area contributed by atoms with E-state index in [2.05, 4.69) is 26.1 Å². The van der Waals surface area contributed by atoms with Gasteiger partial charge in [-0.25, -0.2) is 9.07 Å². The third-order valence-corrected chi connectivity index (χ3v) is 8.35. The van der Waals surface area contributed by atoms with Gasteiger partial charge in [0.2, 0.25) is 11.8 Å². The smallest absolute Gasteiger partial charge is 0.240 e. The molecule has 0 aliphatic carbocycles. The quantitative estimate of drug-likeness (QED) is 0.463. The van der Waals surface area contributed by atoms with E-state index in [1.54, 1.807) is 16.8 Å². The Balaban J connectivity index is 1.66. The standard InChI is InChI=1S/C30H35FN4O3S/c1-19-11-13-20(14-12-19)35-29-26(28(33-35)30(2,3)4)27(22-9-5-6-10-23(22)31)39-18-25(37)34(29)17-24(36)32-16-21-8-7-15-38-21/h5-6,9-14,21,27H,7-8,15-18H2,1-4H3,(H,32,36)/t21-,27-/m0/s1. The van der Waals surface area contributed by atoms with Crippen molar-refractivity contribution in [1.82, 2.24) is 15.1 Å². The van der Waals surface area contributed by atoms with Gasteiger partial charge in [0.05, 0.1) is 28.5 Å². The van der Waals surface area contributed by atoms with E-state index in [4.69, 9.17) is 9.84 Å². The van der Waals surface area contributed by atoms with Crippen LogP contribution in [-0.4, -0.2) is 53.1 Å². The number of fused-ring (bicyclic) bond motifs is 1. The summed E-state index contributed by atoms with van der Waals surface area (Å²) in [6.07, 6.45) is 1.88. The van der Waals surface area contributed by atoms with Gasteiger partial charge in [0.25, 0.3) is 0 Å². The van der Waals surface area contributed by atoms with Gasteiger partial charge >= 0.3 is 0 Å². The topological polar surface area (TPSA) is 76.5 Å². The Morgan fingerprint density at radius 1 is 1.18 bits per heavy atom. The first-order chi connectivity index (χ1) is 18.6. The molecule has 1 aromatic heterocycles. The van der Waals surface area contributed by atoms with Crippen molar-refractivity contribution in [2.75, 3.05) is 30.3 Å². The van der Waals surface area contributed by atoms with E-state index in [0.29, 0.717) is 24.5 Å². The summed E-state index contributed by atoms with van der Waals surface area (Å²) in [4.78, 5) is 28.4. The highest BCUT2D eigenvalue weighted by Gasteiger charge is 2.40. The zero-order valence-corrected chi connectivity index (χ0v) is 23.7. The molecule has 0 spiro atoms. The number of nitrogens with zero attached hydrogens (tertiary/aromatic N) is 3. The first kappa shape index (κ1) is 27.4. The van der Waals surface area contributed by atoms with Gasteiger partial charge in [0.15, 0.2) is 0 Å². The van der Waals surface area contributed by atoms with Gasteiger partial charge < -0.3 is 10.1 Å². The second-order valence-corrected chi connectivity index (χ2v) is 12.3. The molecular formula is C30H35FN4O3S. The number of amides is 2.